The van der Waals surface area contributed by atoms with Crippen molar-refractivity contribution in [1.82, 2.24) is 0 Å². The maximum atomic E-state index is 11.2. The van der Waals surface area contributed by atoms with Gasteiger partial charge in [-0.15, -0.1) is 0 Å². The van der Waals surface area contributed by atoms with Crippen molar-refractivity contribution in [2.75, 3.05) is 18.6 Å². The van der Waals surface area contributed by atoms with Gasteiger partial charge < -0.3 is 9.64 Å². The lowest BCUT2D eigenvalue weighted by atomic mass is 10.2. The summed E-state index contributed by atoms with van der Waals surface area (Å²) in [6.45, 7) is 3.31. The van der Waals surface area contributed by atoms with Crippen molar-refractivity contribution in [3.63, 3.8) is 0 Å². The van der Waals surface area contributed by atoms with E-state index in [-0.39, 0.29) is 4.90 Å². The predicted molar refractivity (Wildman–Crippen MR) is 86.0 cm³/mol. The van der Waals surface area contributed by atoms with E-state index in [1.807, 2.05) is 37.3 Å². The van der Waals surface area contributed by atoms with Crippen LogP contribution in [0.25, 0.3) is 0 Å². The minimum Gasteiger partial charge on any atom is -0.497 e. The van der Waals surface area contributed by atoms with Gasteiger partial charge in [-0.25, -0.2) is 0 Å². The van der Waals surface area contributed by atoms with Gasteiger partial charge in [-0.05, 0) is 36.8 Å². The number of nitrogens with zero attached hydrogens (tertiary/aromatic N) is 1. The Kier molecular flexibility index (Phi) is 5.05. The van der Waals surface area contributed by atoms with Crippen LogP contribution in [-0.4, -0.2) is 26.6 Å². The Morgan fingerprint density at radius 1 is 1.14 bits per heavy atom. The van der Waals surface area contributed by atoms with Crippen LogP contribution in [0.2, 0.25) is 0 Å². The van der Waals surface area contributed by atoms with Gasteiger partial charge in [-0.2, -0.15) is 8.42 Å². The topological polar surface area (TPSA) is 66.8 Å². The molecule has 5 nitrogen and oxygen atoms in total. The molecule has 2 rings (SSSR count). The normalized spacial score (nSPS) is 11.2. The van der Waals surface area contributed by atoms with Crippen LogP contribution in [0.5, 0.6) is 5.75 Å². The summed E-state index contributed by atoms with van der Waals surface area (Å²) < 4.78 is 36.8. The second-order valence-corrected chi connectivity index (χ2v) is 6.26. The molecular formula is C16H19NO4S. The highest BCUT2D eigenvalue weighted by Gasteiger charge is 2.12. The van der Waals surface area contributed by atoms with Crippen LogP contribution in [0, 0.1) is 0 Å². The van der Waals surface area contributed by atoms with E-state index in [2.05, 4.69) is 4.90 Å². The number of hydrogen-bond donors (Lipinski definition) is 1. The fraction of sp³-hybridized carbons (Fsp3) is 0.250. The van der Waals surface area contributed by atoms with Crippen molar-refractivity contribution in [3.05, 3.63) is 54.1 Å². The number of methoxy groups -OCH3 is 1. The van der Waals surface area contributed by atoms with Crippen molar-refractivity contribution >= 4 is 15.8 Å². The molecule has 22 heavy (non-hydrogen) atoms. The molecule has 6 heteroatoms. The number of rotatable bonds is 6. The van der Waals surface area contributed by atoms with Crippen LogP contribution in [-0.2, 0) is 16.7 Å². The Balaban J connectivity index is 2.27. The maximum Gasteiger partial charge on any atom is 0.294 e. The van der Waals surface area contributed by atoms with E-state index in [9.17, 15) is 8.42 Å². The smallest absolute Gasteiger partial charge is 0.294 e. The summed E-state index contributed by atoms with van der Waals surface area (Å²) in [5, 5.41) is 0. The standard InChI is InChI=1S/C16H19NO4S/c1-3-17(14-7-5-8-15(11-14)21-2)12-13-6-4-9-16(10-13)22(18,19)20/h4-11H,3,12H2,1-2H3,(H,18,19,20). The molecular weight excluding hydrogens is 302 g/mol. The molecule has 2 aromatic carbocycles. The molecule has 0 heterocycles. The van der Waals surface area contributed by atoms with Gasteiger partial charge in [-0.3, -0.25) is 4.55 Å². The Hall–Kier alpha value is -2.05. The number of ether oxygens (including phenoxy) is 1. The third-order valence-corrected chi connectivity index (χ3v) is 4.22. The summed E-state index contributed by atoms with van der Waals surface area (Å²) in [5.74, 6) is 0.766. The van der Waals surface area contributed by atoms with Crippen LogP contribution in [0.15, 0.2) is 53.4 Å². The van der Waals surface area contributed by atoms with E-state index in [0.717, 1.165) is 23.5 Å². The third-order valence-electron chi connectivity index (χ3n) is 3.37. The molecule has 0 saturated carbocycles. The number of benzene rings is 2. The lowest BCUT2D eigenvalue weighted by molar-refractivity contribution is 0.415. The molecule has 0 radical (unpaired) electrons. The van der Waals surface area contributed by atoms with E-state index in [0.29, 0.717) is 6.54 Å². The number of hydrogen-bond acceptors (Lipinski definition) is 4. The first-order valence-corrected chi connectivity index (χ1v) is 8.33. The quantitative estimate of drug-likeness (QED) is 0.829. The summed E-state index contributed by atoms with van der Waals surface area (Å²) in [7, 11) is -2.57. The zero-order chi connectivity index (χ0) is 16.2. The highest BCUT2D eigenvalue weighted by atomic mass is 32.2. The van der Waals surface area contributed by atoms with Crippen molar-refractivity contribution < 1.29 is 17.7 Å². The van der Waals surface area contributed by atoms with Gasteiger partial charge in [0.05, 0.1) is 12.0 Å². The monoisotopic (exact) mass is 321 g/mol. The average Bonchev–Trinajstić information content (AvgIpc) is 2.52. The molecule has 118 valence electrons. The molecule has 0 saturated heterocycles. The average molecular weight is 321 g/mol. The minimum absolute atomic E-state index is 0.0910. The maximum absolute atomic E-state index is 11.2. The summed E-state index contributed by atoms with van der Waals surface area (Å²) in [6.07, 6.45) is 0. The van der Waals surface area contributed by atoms with Crippen LogP contribution >= 0.6 is 0 Å². The van der Waals surface area contributed by atoms with Crippen molar-refractivity contribution in [2.45, 2.75) is 18.4 Å². The van der Waals surface area contributed by atoms with E-state index >= 15 is 0 Å². The first kappa shape index (κ1) is 16.3. The van der Waals surface area contributed by atoms with Gasteiger partial charge in [0.25, 0.3) is 10.1 Å². The molecule has 0 bridgehead atoms. The first-order chi connectivity index (χ1) is 10.4. The van der Waals surface area contributed by atoms with E-state index in [1.165, 1.54) is 12.1 Å². The van der Waals surface area contributed by atoms with Crippen LogP contribution < -0.4 is 9.64 Å². The van der Waals surface area contributed by atoms with Crippen LogP contribution in [0.4, 0.5) is 5.69 Å². The zero-order valence-corrected chi connectivity index (χ0v) is 13.4. The van der Waals surface area contributed by atoms with E-state index in [4.69, 9.17) is 9.29 Å². The predicted octanol–water partition coefficient (Wildman–Crippen LogP) is 2.97. The SMILES string of the molecule is CCN(Cc1cccc(S(=O)(=O)O)c1)c1cccc(OC)c1. The van der Waals surface area contributed by atoms with Crippen LogP contribution in [0.1, 0.15) is 12.5 Å². The molecule has 0 aliphatic carbocycles. The van der Waals surface area contributed by atoms with Gasteiger partial charge in [0.15, 0.2) is 0 Å². The summed E-state index contributed by atoms with van der Waals surface area (Å²) in [4.78, 5) is 2.00. The lowest BCUT2D eigenvalue weighted by Gasteiger charge is -2.23. The van der Waals surface area contributed by atoms with Gasteiger partial charge in [0, 0.05) is 24.8 Å². The number of anilines is 1. The minimum atomic E-state index is -4.18. The molecule has 1 N–H and O–H groups in total. The van der Waals surface area contributed by atoms with Crippen molar-refractivity contribution in [1.29, 1.82) is 0 Å². The Morgan fingerprint density at radius 2 is 1.86 bits per heavy atom. The summed E-state index contributed by atoms with van der Waals surface area (Å²) in [6, 6.07) is 14.0. The van der Waals surface area contributed by atoms with Gasteiger partial charge >= 0.3 is 0 Å². The zero-order valence-electron chi connectivity index (χ0n) is 12.6. The van der Waals surface area contributed by atoms with Gasteiger partial charge in [0.2, 0.25) is 0 Å². The molecule has 0 aliphatic rings. The highest BCUT2D eigenvalue weighted by molar-refractivity contribution is 7.85. The van der Waals surface area contributed by atoms with E-state index in [1.54, 1.807) is 13.2 Å². The van der Waals surface area contributed by atoms with Gasteiger partial charge in [0.1, 0.15) is 5.75 Å². The molecule has 0 aliphatic heterocycles. The molecule has 0 aromatic heterocycles. The summed E-state index contributed by atoms with van der Waals surface area (Å²) in [5.41, 5.74) is 1.79. The summed E-state index contributed by atoms with van der Waals surface area (Å²) >= 11 is 0. The highest BCUT2D eigenvalue weighted by Crippen LogP contribution is 2.23. The Bertz CT molecular complexity index is 743. The second kappa shape index (κ2) is 6.81. The molecule has 2 aromatic rings. The fourth-order valence-electron chi connectivity index (χ4n) is 2.22. The van der Waals surface area contributed by atoms with Crippen LogP contribution in [0.3, 0.4) is 0 Å². The molecule has 0 amide bonds. The van der Waals surface area contributed by atoms with Gasteiger partial charge in [-0.1, -0.05) is 18.2 Å². The molecule has 0 spiro atoms. The first-order valence-electron chi connectivity index (χ1n) is 6.89. The van der Waals surface area contributed by atoms with Crippen molar-refractivity contribution in [2.24, 2.45) is 0 Å². The second-order valence-electron chi connectivity index (χ2n) is 4.84. The largest absolute Gasteiger partial charge is 0.497 e. The molecule has 0 atom stereocenters. The van der Waals surface area contributed by atoms with Crippen molar-refractivity contribution in [3.8, 4) is 5.75 Å². The lowest BCUT2D eigenvalue weighted by Crippen LogP contribution is -2.22. The van der Waals surface area contributed by atoms with E-state index < -0.39 is 10.1 Å². The fourth-order valence-corrected chi connectivity index (χ4v) is 2.77. The molecule has 0 fully saturated rings. The molecule has 0 unspecified atom stereocenters. The Morgan fingerprint density at radius 3 is 2.50 bits per heavy atom. The third kappa shape index (κ3) is 3.99. The Labute approximate surface area is 130 Å².